The minimum atomic E-state index is -0.0188. The molecule has 3 aromatic rings. The Balaban J connectivity index is 1.92. The number of aliphatic imine (C=N–C) groups is 1. The fraction of sp³-hybridized carbons (Fsp3) is 0.211. The van der Waals surface area contributed by atoms with Crippen molar-refractivity contribution in [2.24, 2.45) is 4.99 Å². The van der Waals surface area contributed by atoms with Gasteiger partial charge in [0.1, 0.15) is 0 Å². The van der Waals surface area contributed by atoms with E-state index < -0.39 is 0 Å². The molecule has 0 radical (unpaired) electrons. The topological polar surface area (TPSA) is 12.4 Å². The lowest BCUT2D eigenvalue weighted by Crippen LogP contribution is -2.28. The van der Waals surface area contributed by atoms with Crippen LogP contribution in [0, 0.1) is 0 Å². The van der Waals surface area contributed by atoms with Gasteiger partial charge in [-0.25, -0.2) is 0 Å². The molecule has 1 aromatic heterocycles. The van der Waals surface area contributed by atoms with E-state index in [1.54, 1.807) is 11.3 Å². The maximum Gasteiger partial charge on any atom is 0.0828 e. The van der Waals surface area contributed by atoms with Crippen LogP contribution in [0.3, 0.4) is 0 Å². The first-order valence-electron chi connectivity index (χ1n) is 7.28. The molecule has 0 amide bonds. The molecule has 1 nitrogen and oxygen atoms in total. The second kappa shape index (κ2) is 4.54. The Morgan fingerprint density at radius 2 is 1.81 bits per heavy atom. The van der Waals surface area contributed by atoms with E-state index in [0.717, 1.165) is 12.1 Å². The lowest BCUT2D eigenvalue weighted by Gasteiger charge is -2.27. The van der Waals surface area contributed by atoms with Crippen molar-refractivity contribution in [1.29, 1.82) is 0 Å². The average Bonchev–Trinajstić information content (AvgIpc) is 2.92. The summed E-state index contributed by atoms with van der Waals surface area (Å²) in [6.45, 7) is 4.43. The van der Waals surface area contributed by atoms with Crippen LogP contribution in [0.15, 0.2) is 58.9 Å². The summed E-state index contributed by atoms with van der Waals surface area (Å²) in [4.78, 5) is 6.37. The third-order valence-corrected chi connectivity index (χ3v) is 4.99. The molecule has 0 unspecified atom stereocenters. The van der Waals surface area contributed by atoms with Gasteiger partial charge in [-0.2, -0.15) is 0 Å². The fourth-order valence-electron chi connectivity index (χ4n) is 3.07. The Bertz CT molecular complexity index is 855. The normalized spacial score (nSPS) is 16.6. The Kier molecular flexibility index (Phi) is 2.76. The first-order chi connectivity index (χ1) is 10.1. The van der Waals surface area contributed by atoms with Crippen molar-refractivity contribution in [3.05, 3.63) is 69.9 Å². The summed E-state index contributed by atoms with van der Waals surface area (Å²) >= 11 is 1.80. The highest BCUT2D eigenvalue weighted by atomic mass is 32.1. The van der Waals surface area contributed by atoms with E-state index in [-0.39, 0.29) is 5.54 Å². The molecule has 0 atom stereocenters. The van der Waals surface area contributed by atoms with Crippen LogP contribution >= 0.6 is 11.3 Å². The van der Waals surface area contributed by atoms with Gasteiger partial charge in [-0.05, 0) is 54.1 Å². The van der Waals surface area contributed by atoms with Crippen LogP contribution in [0.1, 0.15) is 29.9 Å². The Morgan fingerprint density at radius 1 is 1.00 bits per heavy atom. The summed E-state index contributed by atoms with van der Waals surface area (Å²) in [7, 11) is 0. The van der Waals surface area contributed by atoms with E-state index in [1.165, 1.54) is 26.8 Å². The molecule has 2 heteroatoms. The van der Waals surface area contributed by atoms with Crippen LogP contribution in [-0.2, 0) is 6.42 Å². The standard InChI is InChI=1S/C19H17NS/c1-19(2)12-16-9-10-21-18(16)17(20-19)15-8-7-13-5-3-4-6-14(13)11-15/h3-11H,12H2,1-2H3. The van der Waals surface area contributed by atoms with Crippen molar-refractivity contribution in [3.63, 3.8) is 0 Å². The van der Waals surface area contributed by atoms with Gasteiger partial charge in [0, 0.05) is 5.56 Å². The number of nitrogens with zero attached hydrogens (tertiary/aromatic N) is 1. The lowest BCUT2D eigenvalue weighted by molar-refractivity contribution is 0.515. The quantitative estimate of drug-likeness (QED) is 0.593. The van der Waals surface area contributed by atoms with Gasteiger partial charge in [0.05, 0.1) is 16.1 Å². The van der Waals surface area contributed by atoms with Gasteiger partial charge in [0.15, 0.2) is 0 Å². The predicted molar refractivity (Wildman–Crippen MR) is 91.7 cm³/mol. The second-order valence-electron chi connectivity index (χ2n) is 6.29. The monoisotopic (exact) mass is 291 g/mol. The molecule has 0 fully saturated rings. The smallest absolute Gasteiger partial charge is 0.0828 e. The molecule has 0 spiro atoms. The molecule has 4 rings (SSSR count). The van der Waals surface area contributed by atoms with E-state index in [2.05, 4.69) is 67.8 Å². The molecule has 21 heavy (non-hydrogen) atoms. The summed E-state index contributed by atoms with van der Waals surface area (Å²) in [6, 6.07) is 17.4. The van der Waals surface area contributed by atoms with Crippen LogP contribution in [0.2, 0.25) is 0 Å². The van der Waals surface area contributed by atoms with Crippen LogP contribution < -0.4 is 0 Å². The van der Waals surface area contributed by atoms with Crippen molar-refractivity contribution in [3.8, 4) is 0 Å². The van der Waals surface area contributed by atoms with Crippen molar-refractivity contribution < 1.29 is 0 Å². The maximum absolute atomic E-state index is 5.03. The number of hydrogen-bond acceptors (Lipinski definition) is 2. The summed E-state index contributed by atoms with van der Waals surface area (Å²) in [5.74, 6) is 0. The number of rotatable bonds is 1. The number of benzene rings is 2. The SMILES string of the molecule is CC1(C)Cc2ccsc2C(c2ccc3ccccc3c2)=N1. The van der Waals surface area contributed by atoms with Crippen molar-refractivity contribution in [2.45, 2.75) is 25.8 Å². The molecule has 0 saturated carbocycles. The van der Waals surface area contributed by atoms with Crippen molar-refractivity contribution >= 4 is 27.8 Å². The summed E-state index contributed by atoms with van der Waals surface area (Å²) in [6.07, 6.45) is 1.03. The summed E-state index contributed by atoms with van der Waals surface area (Å²) < 4.78 is 0. The Morgan fingerprint density at radius 3 is 2.67 bits per heavy atom. The van der Waals surface area contributed by atoms with Crippen LogP contribution in [0.25, 0.3) is 10.8 Å². The van der Waals surface area contributed by atoms with Gasteiger partial charge in [0.2, 0.25) is 0 Å². The molecular weight excluding hydrogens is 274 g/mol. The minimum Gasteiger partial charge on any atom is -0.277 e. The van der Waals surface area contributed by atoms with E-state index in [4.69, 9.17) is 4.99 Å². The first kappa shape index (κ1) is 12.8. The molecule has 0 bridgehead atoms. The van der Waals surface area contributed by atoms with Gasteiger partial charge in [-0.1, -0.05) is 36.4 Å². The lowest BCUT2D eigenvalue weighted by atomic mass is 9.89. The zero-order chi connectivity index (χ0) is 14.4. The highest BCUT2D eigenvalue weighted by Gasteiger charge is 2.28. The van der Waals surface area contributed by atoms with Gasteiger partial charge in [-0.15, -0.1) is 11.3 Å². The zero-order valence-corrected chi connectivity index (χ0v) is 13.1. The van der Waals surface area contributed by atoms with E-state index in [0.29, 0.717) is 0 Å². The number of thiophene rings is 1. The van der Waals surface area contributed by atoms with Crippen molar-refractivity contribution in [2.75, 3.05) is 0 Å². The zero-order valence-electron chi connectivity index (χ0n) is 12.3. The van der Waals surface area contributed by atoms with E-state index in [1.807, 2.05) is 0 Å². The van der Waals surface area contributed by atoms with E-state index >= 15 is 0 Å². The second-order valence-corrected chi connectivity index (χ2v) is 7.20. The van der Waals surface area contributed by atoms with Crippen LogP contribution in [0.5, 0.6) is 0 Å². The third-order valence-electron chi connectivity index (χ3n) is 4.02. The highest BCUT2D eigenvalue weighted by molar-refractivity contribution is 7.12. The van der Waals surface area contributed by atoms with Gasteiger partial charge >= 0.3 is 0 Å². The van der Waals surface area contributed by atoms with E-state index in [9.17, 15) is 0 Å². The number of fused-ring (bicyclic) bond motifs is 2. The Labute approximate surface area is 129 Å². The molecular formula is C19H17NS. The number of hydrogen-bond donors (Lipinski definition) is 0. The van der Waals surface area contributed by atoms with Crippen LogP contribution in [0.4, 0.5) is 0 Å². The summed E-state index contributed by atoms with van der Waals surface area (Å²) in [5, 5.41) is 4.74. The third kappa shape index (κ3) is 2.20. The largest absolute Gasteiger partial charge is 0.277 e. The molecule has 2 aromatic carbocycles. The fourth-order valence-corrected chi connectivity index (χ4v) is 4.01. The van der Waals surface area contributed by atoms with Crippen molar-refractivity contribution in [1.82, 2.24) is 0 Å². The molecule has 0 aliphatic carbocycles. The molecule has 1 aliphatic heterocycles. The molecule has 0 N–H and O–H groups in total. The predicted octanol–water partition coefficient (Wildman–Crippen LogP) is 5.07. The summed E-state index contributed by atoms with van der Waals surface area (Å²) in [5.41, 5.74) is 3.80. The first-order valence-corrected chi connectivity index (χ1v) is 8.16. The minimum absolute atomic E-state index is 0.0188. The van der Waals surface area contributed by atoms with Gasteiger partial charge < -0.3 is 0 Å². The molecule has 2 heterocycles. The maximum atomic E-state index is 5.03. The average molecular weight is 291 g/mol. The van der Waals surface area contributed by atoms with Gasteiger partial charge in [0.25, 0.3) is 0 Å². The Hall–Kier alpha value is -1.93. The molecule has 1 aliphatic rings. The molecule has 104 valence electrons. The van der Waals surface area contributed by atoms with Crippen LogP contribution in [-0.4, -0.2) is 11.3 Å². The molecule has 0 saturated heterocycles. The highest BCUT2D eigenvalue weighted by Crippen LogP contribution is 2.33. The van der Waals surface area contributed by atoms with Gasteiger partial charge in [-0.3, -0.25) is 4.99 Å².